The molecule has 2 atom stereocenters. The number of aromatic amines is 1. The Kier molecular flexibility index (Phi) is 4.24. The van der Waals surface area contributed by atoms with E-state index >= 15 is 0 Å². The number of anilines is 1. The molecular formula is C24H28N3O3S-. The minimum Gasteiger partial charge on any atom is -0.772 e. The van der Waals surface area contributed by atoms with E-state index in [4.69, 9.17) is 4.11 Å². The van der Waals surface area contributed by atoms with Gasteiger partial charge in [0.25, 0.3) is 5.56 Å². The fourth-order valence-electron chi connectivity index (χ4n) is 5.17. The summed E-state index contributed by atoms with van der Waals surface area (Å²) >= 11 is -2.29. The normalized spacial score (nSPS) is 21.1. The Morgan fingerprint density at radius 3 is 2.74 bits per heavy atom. The second kappa shape index (κ2) is 7.64. The highest BCUT2D eigenvalue weighted by Gasteiger charge is 2.47. The lowest BCUT2D eigenvalue weighted by Crippen LogP contribution is -2.60. The number of H-pyrrole nitrogens is 1. The van der Waals surface area contributed by atoms with Crippen LogP contribution in [0.4, 0.5) is 5.69 Å². The molecule has 0 amide bonds. The van der Waals surface area contributed by atoms with Gasteiger partial charge in [0.1, 0.15) is 5.52 Å². The summed E-state index contributed by atoms with van der Waals surface area (Å²) in [6.07, 6.45) is 7.93. The van der Waals surface area contributed by atoms with Gasteiger partial charge >= 0.3 is 0 Å². The summed E-state index contributed by atoms with van der Waals surface area (Å²) in [5, 5.41) is -0.0273. The van der Waals surface area contributed by atoms with Crippen LogP contribution in [0.5, 0.6) is 0 Å². The summed E-state index contributed by atoms with van der Waals surface area (Å²) in [6.45, 7) is 1.17. The summed E-state index contributed by atoms with van der Waals surface area (Å²) in [4.78, 5) is 18.0. The number of rotatable bonds is 6. The molecule has 5 rings (SSSR count). The zero-order valence-corrected chi connectivity index (χ0v) is 18.3. The maximum atomic E-state index is 12.9. The molecule has 6 nitrogen and oxygen atoms in total. The fraction of sp³-hybridized carbons (Fsp3) is 0.458. The molecule has 1 spiro atoms. The van der Waals surface area contributed by atoms with Gasteiger partial charge in [-0.1, -0.05) is 25.8 Å². The molecular weight excluding hydrogens is 410 g/mol. The van der Waals surface area contributed by atoms with Gasteiger partial charge in [0.05, 0.1) is 0 Å². The van der Waals surface area contributed by atoms with Crippen LogP contribution in [0.25, 0.3) is 22.0 Å². The van der Waals surface area contributed by atoms with E-state index < -0.39 is 28.9 Å². The monoisotopic (exact) mass is 441 g/mol. The molecule has 1 aliphatic heterocycles. The molecule has 31 heavy (non-hydrogen) atoms. The van der Waals surface area contributed by atoms with Crippen molar-refractivity contribution in [1.82, 2.24) is 9.55 Å². The molecule has 1 aliphatic carbocycles. The van der Waals surface area contributed by atoms with Crippen LogP contribution in [0.2, 0.25) is 0 Å². The molecule has 7 heteroatoms. The first-order chi connectivity index (χ1) is 16.1. The third-order valence-electron chi connectivity index (χ3n) is 7.00. The largest absolute Gasteiger partial charge is 0.772 e. The van der Waals surface area contributed by atoms with Crippen LogP contribution >= 0.6 is 0 Å². The Labute approximate surface area is 188 Å². The van der Waals surface area contributed by atoms with E-state index in [9.17, 15) is 13.6 Å². The molecule has 1 saturated carbocycles. The van der Waals surface area contributed by atoms with Crippen LogP contribution in [0.1, 0.15) is 54.0 Å². The van der Waals surface area contributed by atoms with Crippen molar-refractivity contribution in [3.8, 4) is 11.1 Å². The first kappa shape index (κ1) is 17.2. The highest BCUT2D eigenvalue weighted by Crippen LogP contribution is 2.51. The van der Waals surface area contributed by atoms with Crippen molar-refractivity contribution in [2.24, 2.45) is 12.4 Å². The summed E-state index contributed by atoms with van der Waals surface area (Å²) in [7, 11) is 0. The number of hydrogen-bond donors (Lipinski definition) is 1. The van der Waals surface area contributed by atoms with Crippen LogP contribution in [-0.2, 0) is 18.1 Å². The third-order valence-corrected chi connectivity index (χ3v) is 7.97. The van der Waals surface area contributed by atoms with E-state index in [2.05, 4.69) is 9.88 Å². The van der Waals surface area contributed by atoms with Gasteiger partial charge in [0.2, 0.25) is 0 Å². The van der Waals surface area contributed by atoms with E-state index in [1.54, 1.807) is 12.3 Å². The van der Waals surface area contributed by atoms with Gasteiger partial charge < -0.3 is 19.0 Å². The average Bonchev–Trinajstić information content (AvgIpc) is 3.20. The standard InChI is InChI=1S/C24H29N3O3S/c1-3-5-21(31(29)30)16-6-7-20(27-14-24(15-27)9-4-10-24)18(12-16)19-13-26(2)23(28)22-17(19)8-11-25-22/h6-8,11-13,21,25H,3-5,9-10,14-15H2,1-2H3,(H,29,30)/p-1/i2D3. The lowest BCUT2D eigenvalue weighted by atomic mass is 9.63. The lowest BCUT2D eigenvalue weighted by molar-refractivity contribution is 0.0905. The van der Waals surface area contributed by atoms with E-state index in [-0.39, 0.29) is 5.52 Å². The number of aromatic nitrogens is 2. The maximum absolute atomic E-state index is 12.9. The Hall–Kier alpha value is -2.38. The number of pyridine rings is 1. The molecule has 2 aromatic heterocycles. The number of fused-ring (bicyclic) bond motifs is 1. The number of hydrogen-bond acceptors (Lipinski definition) is 4. The predicted molar refractivity (Wildman–Crippen MR) is 124 cm³/mol. The Morgan fingerprint density at radius 1 is 1.29 bits per heavy atom. The molecule has 1 N–H and O–H groups in total. The van der Waals surface area contributed by atoms with E-state index in [0.29, 0.717) is 28.3 Å². The maximum Gasteiger partial charge on any atom is 0.274 e. The molecule has 3 heterocycles. The van der Waals surface area contributed by atoms with Crippen molar-refractivity contribution in [3.63, 3.8) is 0 Å². The number of aryl methyl sites for hydroxylation is 1. The molecule has 2 fully saturated rings. The van der Waals surface area contributed by atoms with Gasteiger partial charge in [-0.3, -0.25) is 9.00 Å². The topological polar surface area (TPSA) is 81.2 Å². The predicted octanol–water partition coefficient (Wildman–Crippen LogP) is 4.24. The molecule has 0 bridgehead atoms. The molecule has 1 aromatic carbocycles. The number of benzene rings is 1. The van der Waals surface area contributed by atoms with Gasteiger partial charge in [-0.2, -0.15) is 0 Å². The average molecular weight is 442 g/mol. The van der Waals surface area contributed by atoms with Crippen LogP contribution in [0.15, 0.2) is 41.5 Å². The Balaban J connectivity index is 1.71. The van der Waals surface area contributed by atoms with Crippen molar-refractivity contribution in [1.29, 1.82) is 0 Å². The molecule has 3 aromatic rings. The highest BCUT2D eigenvalue weighted by atomic mass is 32.2. The van der Waals surface area contributed by atoms with Gasteiger partial charge in [0.15, 0.2) is 0 Å². The molecule has 2 unspecified atom stereocenters. The van der Waals surface area contributed by atoms with E-state index in [1.165, 1.54) is 25.5 Å². The summed E-state index contributed by atoms with van der Waals surface area (Å²) in [5.41, 5.74) is 2.95. The lowest BCUT2D eigenvalue weighted by Gasteiger charge is -2.57. The SMILES string of the molecule is [2H]C([2H])([2H])n1cc(-c2cc(C(CCC)S(=O)[O-])ccc2N2CC3(CCC3)C2)c2cc[nH]c2c1=O. The van der Waals surface area contributed by atoms with Gasteiger partial charge in [-0.05, 0) is 54.1 Å². The Morgan fingerprint density at radius 2 is 2.10 bits per heavy atom. The second-order valence-electron chi connectivity index (χ2n) is 9.01. The highest BCUT2D eigenvalue weighted by molar-refractivity contribution is 7.79. The van der Waals surface area contributed by atoms with Crippen molar-refractivity contribution >= 4 is 27.7 Å². The molecule has 164 valence electrons. The zero-order valence-electron chi connectivity index (χ0n) is 20.5. The first-order valence-electron chi connectivity index (χ1n) is 12.3. The Bertz CT molecular complexity index is 1320. The van der Waals surface area contributed by atoms with Crippen molar-refractivity contribution in [2.45, 2.75) is 44.3 Å². The first-order valence-corrected chi connectivity index (χ1v) is 12.0. The summed E-state index contributed by atoms with van der Waals surface area (Å²) in [6, 6.07) is 7.46. The van der Waals surface area contributed by atoms with Gasteiger partial charge in [-0.15, -0.1) is 0 Å². The zero-order chi connectivity index (χ0) is 24.3. The minimum absolute atomic E-state index is 0.224. The van der Waals surface area contributed by atoms with E-state index in [1.807, 2.05) is 25.1 Å². The molecule has 0 radical (unpaired) electrons. The summed E-state index contributed by atoms with van der Waals surface area (Å²) < 4.78 is 48.5. The van der Waals surface area contributed by atoms with Gasteiger partial charge in [0, 0.05) is 69.4 Å². The third kappa shape index (κ3) is 3.34. The molecule has 2 aliphatic rings. The molecule has 1 saturated heterocycles. The smallest absolute Gasteiger partial charge is 0.274 e. The van der Waals surface area contributed by atoms with Crippen molar-refractivity contribution in [3.05, 3.63) is 52.6 Å². The number of nitrogens with one attached hydrogen (secondary N) is 1. The van der Waals surface area contributed by atoms with E-state index in [0.717, 1.165) is 35.3 Å². The van der Waals surface area contributed by atoms with Crippen LogP contribution < -0.4 is 10.5 Å². The second-order valence-corrected chi connectivity index (χ2v) is 10.1. The summed E-state index contributed by atoms with van der Waals surface area (Å²) in [5.74, 6) is 0. The van der Waals surface area contributed by atoms with Gasteiger partial charge in [-0.25, -0.2) is 0 Å². The quantitative estimate of drug-likeness (QED) is 0.580. The van der Waals surface area contributed by atoms with Crippen molar-refractivity contribution < 1.29 is 12.9 Å². The number of nitrogens with zero attached hydrogens (tertiary/aromatic N) is 2. The van der Waals surface area contributed by atoms with Crippen molar-refractivity contribution in [2.75, 3.05) is 18.0 Å². The van der Waals surface area contributed by atoms with Crippen LogP contribution in [0.3, 0.4) is 0 Å². The fourth-order valence-corrected chi connectivity index (χ4v) is 5.97. The minimum atomic E-state index is -2.64. The van der Waals surface area contributed by atoms with Crippen LogP contribution in [0, 0.1) is 5.41 Å². The van der Waals surface area contributed by atoms with Crippen LogP contribution in [-0.4, -0.2) is 31.4 Å².